The second-order valence-electron chi connectivity index (χ2n) is 6.46. The molecule has 0 radical (unpaired) electrons. The molecular weight excluding hydrogens is 268 g/mol. The summed E-state index contributed by atoms with van der Waals surface area (Å²) in [7, 11) is 4.41. The van der Waals surface area contributed by atoms with Gasteiger partial charge in [-0.05, 0) is 33.6 Å². The molecule has 0 aliphatic heterocycles. The molecule has 0 aromatic carbocycles. The van der Waals surface area contributed by atoms with Crippen LogP contribution in [0.25, 0.3) is 0 Å². The van der Waals surface area contributed by atoms with Crippen molar-refractivity contribution in [1.29, 1.82) is 0 Å². The molecule has 0 aromatic rings. The summed E-state index contributed by atoms with van der Waals surface area (Å²) < 4.78 is 0. The number of rotatable bonds is 14. The first-order valence-corrected chi connectivity index (χ1v) is 9.22. The number of hydrogen-bond acceptors (Lipinski definition) is 2. The van der Waals surface area contributed by atoms with Crippen LogP contribution >= 0.6 is 0 Å². The first-order chi connectivity index (χ1) is 10.5. The molecular formula is C20H40N2. The minimum absolute atomic E-state index is 0.136. The first-order valence-electron chi connectivity index (χ1n) is 9.22. The topological polar surface area (TPSA) is 6.48 Å². The molecule has 22 heavy (non-hydrogen) atoms. The summed E-state index contributed by atoms with van der Waals surface area (Å²) >= 11 is 0. The molecule has 1 unspecified atom stereocenters. The third kappa shape index (κ3) is 5.89. The van der Waals surface area contributed by atoms with Crippen LogP contribution in [0.2, 0.25) is 0 Å². The summed E-state index contributed by atoms with van der Waals surface area (Å²) in [5, 5.41) is 0. The predicted octanol–water partition coefficient (Wildman–Crippen LogP) is 5.12. The Kier molecular flexibility index (Phi) is 11.6. The Balaban J connectivity index is 4.86. The van der Waals surface area contributed by atoms with Crippen molar-refractivity contribution in [3.05, 3.63) is 25.3 Å². The van der Waals surface area contributed by atoms with Gasteiger partial charge >= 0.3 is 0 Å². The second-order valence-corrected chi connectivity index (χ2v) is 6.46. The van der Waals surface area contributed by atoms with E-state index in [9.17, 15) is 0 Å². The van der Waals surface area contributed by atoms with Gasteiger partial charge in [0.05, 0.1) is 5.54 Å². The predicted molar refractivity (Wildman–Crippen MR) is 102 cm³/mol. The number of unbranched alkanes of at least 4 members (excludes halogenated alkanes) is 5. The van der Waals surface area contributed by atoms with Gasteiger partial charge in [0.15, 0.2) is 0 Å². The summed E-state index contributed by atoms with van der Waals surface area (Å²) in [6, 6.07) is 0.448. The van der Waals surface area contributed by atoms with Crippen LogP contribution in [0.1, 0.15) is 65.7 Å². The van der Waals surface area contributed by atoms with E-state index in [0.29, 0.717) is 6.04 Å². The molecule has 0 amide bonds. The maximum absolute atomic E-state index is 4.14. The summed E-state index contributed by atoms with van der Waals surface area (Å²) in [6.45, 7) is 17.0. The standard InChI is InChI=1S/C20H40N2/c1-8-13-14-15-16-17-18-19(21(6)11-4)20(9-2,10-3)22(7)12-5/h9-10,19H,2-3,8,11-18H2,1,4-7H3. The lowest BCUT2D eigenvalue weighted by Crippen LogP contribution is -2.58. The zero-order valence-corrected chi connectivity index (χ0v) is 15.9. The van der Waals surface area contributed by atoms with Crippen LogP contribution in [0.15, 0.2) is 25.3 Å². The molecule has 0 aliphatic rings. The van der Waals surface area contributed by atoms with E-state index in [4.69, 9.17) is 0 Å². The Bertz CT molecular complexity index is 290. The van der Waals surface area contributed by atoms with Crippen LogP contribution < -0.4 is 0 Å². The van der Waals surface area contributed by atoms with Gasteiger partial charge in [-0.15, -0.1) is 13.2 Å². The Morgan fingerprint density at radius 2 is 1.41 bits per heavy atom. The minimum Gasteiger partial charge on any atom is -0.301 e. The molecule has 0 rings (SSSR count). The normalized spacial score (nSPS) is 13.6. The van der Waals surface area contributed by atoms with E-state index in [2.05, 4.69) is 70.0 Å². The van der Waals surface area contributed by atoms with Gasteiger partial charge in [0.1, 0.15) is 0 Å². The van der Waals surface area contributed by atoms with Gasteiger partial charge < -0.3 is 4.90 Å². The SMILES string of the molecule is C=CC(C=C)(C(CCCCCCCC)N(C)CC)N(C)CC. The van der Waals surface area contributed by atoms with Crippen LogP contribution in [-0.2, 0) is 0 Å². The van der Waals surface area contributed by atoms with E-state index in [-0.39, 0.29) is 5.54 Å². The molecule has 130 valence electrons. The first kappa shape index (κ1) is 21.4. The third-order valence-electron chi connectivity index (χ3n) is 5.19. The molecule has 2 heteroatoms. The van der Waals surface area contributed by atoms with E-state index in [1.165, 1.54) is 44.9 Å². The molecule has 0 saturated heterocycles. The Morgan fingerprint density at radius 1 is 0.864 bits per heavy atom. The number of likely N-dealkylation sites (N-methyl/N-ethyl adjacent to an activating group) is 2. The monoisotopic (exact) mass is 308 g/mol. The number of nitrogens with zero attached hydrogens (tertiary/aromatic N) is 2. The van der Waals surface area contributed by atoms with Crippen molar-refractivity contribution in [3.8, 4) is 0 Å². The fourth-order valence-corrected chi connectivity index (χ4v) is 3.34. The van der Waals surface area contributed by atoms with Gasteiger partial charge in [0, 0.05) is 6.04 Å². The smallest absolute Gasteiger partial charge is 0.0725 e. The highest BCUT2D eigenvalue weighted by Gasteiger charge is 2.38. The van der Waals surface area contributed by atoms with Crippen LogP contribution in [0, 0.1) is 0 Å². The lowest BCUT2D eigenvalue weighted by molar-refractivity contribution is 0.0887. The van der Waals surface area contributed by atoms with Crippen molar-refractivity contribution in [2.24, 2.45) is 0 Å². The molecule has 0 spiro atoms. The van der Waals surface area contributed by atoms with E-state index in [1.54, 1.807) is 0 Å². The second kappa shape index (κ2) is 11.9. The van der Waals surface area contributed by atoms with E-state index < -0.39 is 0 Å². The molecule has 2 nitrogen and oxygen atoms in total. The minimum atomic E-state index is -0.136. The molecule has 0 aromatic heterocycles. The zero-order chi connectivity index (χ0) is 17.0. The highest BCUT2D eigenvalue weighted by molar-refractivity contribution is 5.20. The highest BCUT2D eigenvalue weighted by Crippen LogP contribution is 2.29. The van der Waals surface area contributed by atoms with Crippen molar-refractivity contribution in [1.82, 2.24) is 9.80 Å². The van der Waals surface area contributed by atoms with Crippen LogP contribution in [0.5, 0.6) is 0 Å². The average Bonchev–Trinajstić information content (AvgIpc) is 2.56. The van der Waals surface area contributed by atoms with Crippen molar-refractivity contribution < 1.29 is 0 Å². The molecule has 0 fully saturated rings. The Labute approximate surface area is 140 Å². The van der Waals surface area contributed by atoms with Gasteiger partial charge in [0.25, 0.3) is 0 Å². The summed E-state index contributed by atoms with van der Waals surface area (Å²) in [5.41, 5.74) is -0.136. The van der Waals surface area contributed by atoms with Crippen LogP contribution in [0.3, 0.4) is 0 Å². The summed E-state index contributed by atoms with van der Waals surface area (Å²) in [5.74, 6) is 0. The maximum atomic E-state index is 4.14. The van der Waals surface area contributed by atoms with Gasteiger partial charge in [0.2, 0.25) is 0 Å². The summed E-state index contributed by atoms with van der Waals surface area (Å²) in [6.07, 6.45) is 13.5. The molecule has 0 heterocycles. The third-order valence-corrected chi connectivity index (χ3v) is 5.19. The zero-order valence-electron chi connectivity index (χ0n) is 15.9. The van der Waals surface area contributed by atoms with Crippen molar-refractivity contribution in [2.45, 2.75) is 77.3 Å². The largest absolute Gasteiger partial charge is 0.301 e. The number of hydrogen-bond donors (Lipinski definition) is 0. The van der Waals surface area contributed by atoms with E-state index in [1.807, 2.05) is 0 Å². The fourth-order valence-electron chi connectivity index (χ4n) is 3.34. The average molecular weight is 309 g/mol. The van der Waals surface area contributed by atoms with Gasteiger partial charge in [-0.25, -0.2) is 0 Å². The molecule has 0 saturated carbocycles. The molecule has 0 aliphatic carbocycles. The Morgan fingerprint density at radius 3 is 1.86 bits per heavy atom. The van der Waals surface area contributed by atoms with E-state index >= 15 is 0 Å². The van der Waals surface area contributed by atoms with Crippen molar-refractivity contribution in [3.63, 3.8) is 0 Å². The van der Waals surface area contributed by atoms with Crippen molar-refractivity contribution in [2.75, 3.05) is 27.2 Å². The lowest BCUT2D eigenvalue weighted by atomic mass is 9.83. The van der Waals surface area contributed by atoms with Crippen LogP contribution in [0.4, 0.5) is 0 Å². The van der Waals surface area contributed by atoms with Crippen LogP contribution in [-0.4, -0.2) is 48.6 Å². The quantitative estimate of drug-likeness (QED) is 0.324. The fraction of sp³-hybridized carbons (Fsp3) is 0.800. The Hall–Kier alpha value is -0.600. The van der Waals surface area contributed by atoms with Crippen molar-refractivity contribution >= 4 is 0 Å². The highest BCUT2D eigenvalue weighted by atomic mass is 15.2. The maximum Gasteiger partial charge on any atom is 0.0725 e. The molecule has 0 N–H and O–H groups in total. The summed E-state index contributed by atoms with van der Waals surface area (Å²) in [4.78, 5) is 4.84. The van der Waals surface area contributed by atoms with Gasteiger partial charge in [-0.1, -0.05) is 71.4 Å². The molecule has 0 bridgehead atoms. The van der Waals surface area contributed by atoms with E-state index in [0.717, 1.165) is 13.1 Å². The lowest BCUT2D eigenvalue weighted by Gasteiger charge is -2.46. The van der Waals surface area contributed by atoms with Gasteiger partial charge in [-0.2, -0.15) is 0 Å². The molecule has 1 atom stereocenters. The van der Waals surface area contributed by atoms with Gasteiger partial charge in [-0.3, -0.25) is 4.90 Å².